The Labute approximate surface area is 127 Å². The third-order valence-electron chi connectivity index (χ3n) is 3.13. The third kappa shape index (κ3) is 3.14. The molecule has 1 amide bonds. The van der Waals surface area contributed by atoms with Crippen LogP contribution in [0.3, 0.4) is 0 Å². The van der Waals surface area contributed by atoms with Crippen LogP contribution in [0.4, 0.5) is 5.69 Å². The maximum Gasteiger partial charge on any atom is 0.253 e. The van der Waals surface area contributed by atoms with Crippen molar-refractivity contribution in [1.82, 2.24) is 5.32 Å². The summed E-state index contributed by atoms with van der Waals surface area (Å²) in [6.45, 7) is 6.09. The van der Waals surface area contributed by atoms with Gasteiger partial charge in [-0.1, -0.05) is 11.6 Å². The van der Waals surface area contributed by atoms with Crippen LogP contribution in [0.15, 0.2) is 24.3 Å². The van der Waals surface area contributed by atoms with Gasteiger partial charge in [0.1, 0.15) is 0 Å². The summed E-state index contributed by atoms with van der Waals surface area (Å²) in [6.07, 6.45) is 0. The normalized spacial score (nSPS) is 12.2. The van der Waals surface area contributed by atoms with Crippen molar-refractivity contribution in [3.63, 3.8) is 0 Å². The van der Waals surface area contributed by atoms with E-state index in [0.29, 0.717) is 16.3 Å². The number of rotatable bonds is 3. The Morgan fingerprint density at radius 3 is 2.60 bits per heavy atom. The molecule has 20 heavy (non-hydrogen) atoms. The van der Waals surface area contributed by atoms with E-state index in [4.69, 9.17) is 17.3 Å². The van der Waals surface area contributed by atoms with E-state index in [9.17, 15) is 4.79 Å². The molecule has 0 radical (unpaired) electrons. The van der Waals surface area contributed by atoms with Gasteiger partial charge in [-0.15, -0.1) is 11.3 Å². The Morgan fingerprint density at radius 2 is 2.05 bits per heavy atom. The zero-order valence-electron chi connectivity index (χ0n) is 11.7. The molecule has 5 heteroatoms. The standard InChI is InChI=1S/C15H17ClN2OS/c1-8-6-13(10(3)20-8)9(2)18-15(19)12-5-4-11(17)7-14(12)16/h4-7,9H,17H2,1-3H3,(H,18,19). The molecular formula is C15H17ClN2OS. The number of carbonyl (C=O) groups is 1. The molecule has 3 N–H and O–H groups in total. The molecule has 2 rings (SSSR count). The van der Waals surface area contributed by atoms with E-state index in [1.165, 1.54) is 9.75 Å². The first kappa shape index (κ1) is 14.9. The van der Waals surface area contributed by atoms with E-state index in [-0.39, 0.29) is 11.9 Å². The molecule has 106 valence electrons. The van der Waals surface area contributed by atoms with Crippen molar-refractivity contribution in [1.29, 1.82) is 0 Å². The lowest BCUT2D eigenvalue weighted by Gasteiger charge is -2.14. The van der Waals surface area contributed by atoms with Gasteiger partial charge >= 0.3 is 0 Å². The van der Waals surface area contributed by atoms with E-state index in [2.05, 4.69) is 25.2 Å². The third-order valence-corrected chi connectivity index (χ3v) is 4.43. The van der Waals surface area contributed by atoms with Crippen LogP contribution >= 0.6 is 22.9 Å². The zero-order chi connectivity index (χ0) is 14.9. The lowest BCUT2D eigenvalue weighted by Crippen LogP contribution is -2.27. The van der Waals surface area contributed by atoms with Crippen LogP contribution in [0.2, 0.25) is 5.02 Å². The number of hydrogen-bond donors (Lipinski definition) is 2. The fraction of sp³-hybridized carbons (Fsp3) is 0.267. The Hall–Kier alpha value is -1.52. The summed E-state index contributed by atoms with van der Waals surface area (Å²) in [4.78, 5) is 14.7. The highest BCUT2D eigenvalue weighted by Gasteiger charge is 2.16. The van der Waals surface area contributed by atoms with Crippen LogP contribution in [0, 0.1) is 13.8 Å². The number of nitrogens with one attached hydrogen (secondary N) is 1. The summed E-state index contributed by atoms with van der Waals surface area (Å²) < 4.78 is 0. The Kier molecular flexibility index (Phi) is 4.35. The topological polar surface area (TPSA) is 55.1 Å². The summed E-state index contributed by atoms with van der Waals surface area (Å²) in [5.41, 5.74) is 7.76. The van der Waals surface area contributed by atoms with Crippen molar-refractivity contribution in [2.24, 2.45) is 0 Å². The molecule has 2 aromatic rings. The Balaban J connectivity index is 2.17. The van der Waals surface area contributed by atoms with E-state index < -0.39 is 0 Å². The van der Waals surface area contributed by atoms with Crippen molar-refractivity contribution in [3.05, 3.63) is 50.2 Å². The molecule has 0 saturated heterocycles. The Bertz CT molecular complexity index is 651. The van der Waals surface area contributed by atoms with Gasteiger partial charge in [0.15, 0.2) is 0 Å². The maximum atomic E-state index is 12.2. The molecule has 1 atom stereocenters. The number of benzene rings is 1. The second-order valence-electron chi connectivity index (χ2n) is 4.80. The van der Waals surface area contributed by atoms with Gasteiger partial charge in [-0.05, 0) is 50.6 Å². The minimum Gasteiger partial charge on any atom is -0.399 e. The lowest BCUT2D eigenvalue weighted by molar-refractivity contribution is 0.0940. The lowest BCUT2D eigenvalue weighted by atomic mass is 10.1. The number of nitrogen functional groups attached to an aromatic ring is 1. The predicted octanol–water partition coefficient (Wildman–Crippen LogP) is 4.09. The molecule has 0 aliphatic heterocycles. The number of hydrogen-bond acceptors (Lipinski definition) is 3. The SMILES string of the molecule is Cc1cc(C(C)NC(=O)c2ccc(N)cc2Cl)c(C)s1. The highest BCUT2D eigenvalue weighted by molar-refractivity contribution is 7.12. The number of aryl methyl sites for hydroxylation is 2. The molecule has 1 unspecified atom stereocenters. The molecule has 1 aromatic heterocycles. The smallest absolute Gasteiger partial charge is 0.253 e. The molecule has 0 aliphatic rings. The number of carbonyl (C=O) groups excluding carboxylic acids is 1. The summed E-state index contributed by atoms with van der Waals surface area (Å²) in [6, 6.07) is 6.95. The highest BCUT2D eigenvalue weighted by Crippen LogP contribution is 2.27. The van der Waals surface area contributed by atoms with Gasteiger partial charge in [0.25, 0.3) is 5.91 Å². The largest absolute Gasteiger partial charge is 0.399 e. The molecule has 1 aromatic carbocycles. The first-order valence-electron chi connectivity index (χ1n) is 6.31. The van der Waals surface area contributed by atoms with Gasteiger partial charge in [-0.3, -0.25) is 4.79 Å². The number of amides is 1. The van der Waals surface area contributed by atoms with Gasteiger partial charge in [-0.2, -0.15) is 0 Å². The van der Waals surface area contributed by atoms with Crippen molar-refractivity contribution >= 4 is 34.5 Å². The number of nitrogens with two attached hydrogens (primary N) is 1. The maximum absolute atomic E-state index is 12.2. The molecule has 1 heterocycles. The fourth-order valence-corrected chi connectivity index (χ4v) is 3.45. The first-order chi connectivity index (χ1) is 9.38. The van der Waals surface area contributed by atoms with Crippen LogP contribution in [-0.2, 0) is 0 Å². The zero-order valence-corrected chi connectivity index (χ0v) is 13.2. The summed E-state index contributed by atoms with van der Waals surface area (Å²) in [5, 5.41) is 3.34. The van der Waals surface area contributed by atoms with Crippen molar-refractivity contribution < 1.29 is 4.79 Å². The van der Waals surface area contributed by atoms with Crippen LogP contribution in [0.25, 0.3) is 0 Å². The van der Waals surface area contributed by atoms with E-state index in [0.717, 1.165) is 5.56 Å². The predicted molar refractivity (Wildman–Crippen MR) is 85.5 cm³/mol. The monoisotopic (exact) mass is 308 g/mol. The second-order valence-corrected chi connectivity index (χ2v) is 6.67. The molecule has 0 spiro atoms. The van der Waals surface area contributed by atoms with Crippen molar-refractivity contribution in [2.45, 2.75) is 26.8 Å². The first-order valence-corrected chi connectivity index (χ1v) is 7.50. The average Bonchev–Trinajstić information content (AvgIpc) is 2.68. The van der Waals surface area contributed by atoms with Gasteiger partial charge in [-0.25, -0.2) is 0 Å². The van der Waals surface area contributed by atoms with E-state index in [1.54, 1.807) is 29.5 Å². The van der Waals surface area contributed by atoms with Crippen molar-refractivity contribution in [3.8, 4) is 0 Å². The minimum absolute atomic E-state index is 0.0546. The average molecular weight is 309 g/mol. The quantitative estimate of drug-likeness (QED) is 0.839. The van der Waals surface area contributed by atoms with Gasteiger partial charge in [0.05, 0.1) is 16.6 Å². The molecular weight excluding hydrogens is 292 g/mol. The Morgan fingerprint density at radius 1 is 1.35 bits per heavy atom. The fourth-order valence-electron chi connectivity index (χ4n) is 2.15. The molecule has 0 saturated carbocycles. The number of halogens is 1. The van der Waals surface area contributed by atoms with Gasteiger partial charge < -0.3 is 11.1 Å². The van der Waals surface area contributed by atoms with Crippen LogP contribution < -0.4 is 11.1 Å². The van der Waals surface area contributed by atoms with Gasteiger partial charge in [0, 0.05) is 15.4 Å². The minimum atomic E-state index is -0.189. The van der Waals surface area contributed by atoms with Crippen LogP contribution in [0.1, 0.15) is 38.6 Å². The molecule has 3 nitrogen and oxygen atoms in total. The van der Waals surface area contributed by atoms with Gasteiger partial charge in [0.2, 0.25) is 0 Å². The summed E-state index contributed by atoms with van der Waals surface area (Å²) in [5.74, 6) is -0.189. The second kappa shape index (κ2) is 5.85. The molecule has 0 bridgehead atoms. The molecule has 0 aliphatic carbocycles. The number of thiophene rings is 1. The van der Waals surface area contributed by atoms with E-state index >= 15 is 0 Å². The summed E-state index contributed by atoms with van der Waals surface area (Å²) >= 11 is 7.78. The van der Waals surface area contributed by atoms with Crippen molar-refractivity contribution in [2.75, 3.05) is 5.73 Å². The van der Waals surface area contributed by atoms with E-state index in [1.807, 2.05) is 6.92 Å². The summed E-state index contributed by atoms with van der Waals surface area (Å²) in [7, 11) is 0. The van der Waals surface area contributed by atoms with Crippen LogP contribution in [-0.4, -0.2) is 5.91 Å². The number of anilines is 1. The molecule has 0 fully saturated rings. The van der Waals surface area contributed by atoms with Crippen LogP contribution in [0.5, 0.6) is 0 Å². The highest BCUT2D eigenvalue weighted by atomic mass is 35.5.